The SMILES string of the molecule is CC1CCN(CC2(CNC(C)(C)C)CCOCC2)C1. The van der Waals surface area contributed by atoms with Gasteiger partial charge < -0.3 is 15.0 Å². The summed E-state index contributed by atoms with van der Waals surface area (Å²) in [5, 5.41) is 3.74. The topological polar surface area (TPSA) is 24.5 Å². The standard InChI is InChI=1S/C16H32N2O/c1-14-5-8-18(11-14)13-16(6-9-19-10-7-16)12-17-15(2,3)4/h14,17H,5-13H2,1-4H3. The molecular formula is C16H32N2O. The molecule has 0 aromatic carbocycles. The van der Waals surface area contributed by atoms with Gasteiger partial charge in [-0.05, 0) is 57.9 Å². The van der Waals surface area contributed by atoms with Crippen molar-refractivity contribution in [3.8, 4) is 0 Å². The van der Waals surface area contributed by atoms with Crippen molar-refractivity contribution in [2.24, 2.45) is 11.3 Å². The molecule has 0 saturated carbocycles. The predicted molar refractivity (Wildman–Crippen MR) is 80.5 cm³/mol. The first kappa shape index (κ1) is 15.3. The largest absolute Gasteiger partial charge is 0.381 e. The van der Waals surface area contributed by atoms with Crippen molar-refractivity contribution in [1.82, 2.24) is 10.2 Å². The maximum Gasteiger partial charge on any atom is 0.0472 e. The summed E-state index contributed by atoms with van der Waals surface area (Å²) >= 11 is 0. The molecule has 0 aromatic rings. The van der Waals surface area contributed by atoms with Gasteiger partial charge in [0, 0.05) is 38.4 Å². The summed E-state index contributed by atoms with van der Waals surface area (Å²) in [7, 11) is 0. The highest BCUT2D eigenvalue weighted by atomic mass is 16.5. The van der Waals surface area contributed by atoms with Gasteiger partial charge in [-0.2, -0.15) is 0 Å². The van der Waals surface area contributed by atoms with E-state index in [0.717, 1.165) is 25.7 Å². The molecule has 3 nitrogen and oxygen atoms in total. The predicted octanol–water partition coefficient (Wildman–Crippen LogP) is 2.51. The van der Waals surface area contributed by atoms with E-state index < -0.39 is 0 Å². The average Bonchev–Trinajstić information content (AvgIpc) is 2.73. The van der Waals surface area contributed by atoms with Crippen molar-refractivity contribution in [3.63, 3.8) is 0 Å². The van der Waals surface area contributed by atoms with E-state index >= 15 is 0 Å². The third-order valence-corrected chi connectivity index (χ3v) is 4.61. The average molecular weight is 268 g/mol. The third-order valence-electron chi connectivity index (χ3n) is 4.61. The summed E-state index contributed by atoms with van der Waals surface area (Å²) in [6.45, 7) is 16.0. The Morgan fingerprint density at radius 1 is 1.26 bits per heavy atom. The molecule has 2 rings (SSSR count). The van der Waals surface area contributed by atoms with E-state index in [1.165, 1.54) is 38.9 Å². The molecule has 2 aliphatic heterocycles. The highest BCUT2D eigenvalue weighted by Crippen LogP contribution is 2.33. The fourth-order valence-electron chi connectivity index (χ4n) is 3.29. The van der Waals surface area contributed by atoms with Crippen LogP contribution in [0.3, 0.4) is 0 Å². The maximum absolute atomic E-state index is 5.60. The maximum atomic E-state index is 5.60. The Bertz CT molecular complexity index is 279. The van der Waals surface area contributed by atoms with Crippen LogP contribution in [0, 0.1) is 11.3 Å². The number of hydrogen-bond acceptors (Lipinski definition) is 3. The number of likely N-dealkylation sites (tertiary alicyclic amines) is 1. The fourth-order valence-corrected chi connectivity index (χ4v) is 3.29. The van der Waals surface area contributed by atoms with E-state index in [9.17, 15) is 0 Å². The van der Waals surface area contributed by atoms with Crippen LogP contribution in [0.25, 0.3) is 0 Å². The smallest absolute Gasteiger partial charge is 0.0472 e. The van der Waals surface area contributed by atoms with Crippen LogP contribution in [-0.4, -0.2) is 49.8 Å². The van der Waals surface area contributed by atoms with Crippen LogP contribution in [0.1, 0.15) is 47.0 Å². The van der Waals surface area contributed by atoms with E-state index in [-0.39, 0.29) is 5.54 Å². The van der Waals surface area contributed by atoms with Gasteiger partial charge in [-0.15, -0.1) is 0 Å². The number of hydrogen-bond donors (Lipinski definition) is 1. The van der Waals surface area contributed by atoms with Gasteiger partial charge in [0.25, 0.3) is 0 Å². The molecule has 1 atom stereocenters. The summed E-state index contributed by atoms with van der Waals surface area (Å²) < 4.78 is 5.60. The Morgan fingerprint density at radius 3 is 2.47 bits per heavy atom. The lowest BCUT2D eigenvalue weighted by atomic mass is 9.79. The van der Waals surface area contributed by atoms with Crippen molar-refractivity contribution in [3.05, 3.63) is 0 Å². The zero-order chi connectivity index (χ0) is 13.9. The molecule has 2 saturated heterocycles. The minimum atomic E-state index is 0.212. The van der Waals surface area contributed by atoms with Crippen LogP contribution in [-0.2, 0) is 4.74 Å². The van der Waals surface area contributed by atoms with Gasteiger partial charge in [0.1, 0.15) is 0 Å². The second-order valence-corrected chi connectivity index (χ2v) is 7.84. The van der Waals surface area contributed by atoms with Crippen molar-refractivity contribution in [1.29, 1.82) is 0 Å². The number of nitrogens with one attached hydrogen (secondary N) is 1. The molecule has 1 unspecified atom stereocenters. The summed E-state index contributed by atoms with van der Waals surface area (Å²) in [5.41, 5.74) is 0.638. The second-order valence-electron chi connectivity index (χ2n) is 7.84. The van der Waals surface area contributed by atoms with E-state index in [4.69, 9.17) is 4.74 Å². The first-order valence-corrected chi connectivity index (χ1v) is 7.94. The number of rotatable bonds is 4. The van der Waals surface area contributed by atoms with E-state index in [1.807, 2.05) is 0 Å². The molecule has 2 aliphatic rings. The molecule has 0 radical (unpaired) electrons. The van der Waals surface area contributed by atoms with Crippen molar-refractivity contribution >= 4 is 0 Å². The van der Waals surface area contributed by atoms with Crippen molar-refractivity contribution < 1.29 is 4.74 Å². The molecule has 0 aliphatic carbocycles. The molecule has 19 heavy (non-hydrogen) atoms. The summed E-state index contributed by atoms with van der Waals surface area (Å²) in [6, 6.07) is 0. The van der Waals surface area contributed by atoms with Gasteiger partial charge in [0.15, 0.2) is 0 Å². The molecule has 0 bridgehead atoms. The number of nitrogens with zero attached hydrogens (tertiary/aromatic N) is 1. The lowest BCUT2D eigenvalue weighted by Gasteiger charge is -2.42. The highest BCUT2D eigenvalue weighted by Gasteiger charge is 2.36. The molecule has 112 valence electrons. The second kappa shape index (κ2) is 6.11. The lowest BCUT2D eigenvalue weighted by Crippen LogP contribution is -2.50. The van der Waals surface area contributed by atoms with Crippen molar-refractivity contribution in [2.45, 2.75) is 52.5 Å². The van der Waals surface area contributed by atoms with Gasteiger partial charge in [-0.1, -0.05) is 6.92 Å². The van der Waals surface area contributed by atoms with Crippen LogP contribution in [0.4, 0.5) is 0 Å². The van der Waals surface area contributed by atoms with Gasteiger partial charge >= 0.3 is 0 Å². The molecule has 1 N–H and O–H groups in total. The van der Waals surface area contributed by atoms with Crippen LogP contribution in [0.5, 0.6) is 0 Å². The lowest BCUT2D eigenvalue weighted by molar-refractivity contribution is -0.00409. The molecule has 0 spiro atoms. The molecule has 2 fully saturated rings. The Kier molecular flexibility index (Phi) is 4.91. The Morgan fingerprint density at radius 2 is 1.95 bits per heavy atom. The minimum Gasteiger partial charge on any atom is -0.381 e. The molecule has 0 aromatic heterocycles. The third kappa shape index (κ3) is 4.73. The summed E-state index contributed by atoms with van der Waals surface area (Å²) in [5.74, 6) is 0.882. The zero-order valence-corrected chi connectivity index (χ0v) is 13.3. The van der Waals surface area contributed by atoms with Crippen molar-refractivity contribution in [2.75, 3.05) is 39.4 Å². The first-order valence-electron chi connectivity index (χ1n) is 7.94. The number of ether oxygens (including phenoxy) is 1. The van der Waals surface area contributed by atoms with Crippen LogP contribution in [0.2, 0.25) is 0 Å². The fraction of sp³-hybridized carbons (Fsp3) is 1.00. The summed E-state index contributed by atoms with van der Waals surface area (Å²) in [6.07, 6.45) is 3.79. The molecule has 3 heteroatoms. The highest BCUT2D eigenvalue weighted by molar-refractivity contribution is 4.90. The van der Waals surface area contributed by atoms with E-state index in [0.29, 0.717) is 5.41 Å². The van der Waals surface area contributed by atoms with Gasteiger partial charge in [0.05, 0.1) is 0 Å². The van der Waals surface area contributed by atoms with Gasteiger partial charge in [-0.3, -0.25) is 0 Å². The van der Waals surface area contributed by atoms with Crippen LogP contribution in [0.15, 0.2) is 0 Å². The molecule has 2 heterocycles. The Labute approximate surface area is 119 Å². The molecular weight excluding hydrogens is 236 g/mol. The first-order chi connectivity index (χ1) is 8.89. The Hall–Kier alpha value is -0.120. The normalized spacial score (nSPS) is 28.7. The van der Waals surface area contributed by atoms with E-state index in [1.54, 1.807) is 0 Å². The molecule has 0 amide bonds. The van der Waals surface area contributed by atoms with Crippen LogP contribution >= 0.6 is 0 Å². The quantitative estimate of drug-likeness (QED) is 0.848. The zero-order valence-electron chi connectivity index (χ0n) is 13.3. The summed E-state index contributed by atoms with van der Waals surface area (Å²) in [4.78, 5) is 2.68. The Balaban J connectivity index is 1.93. The van der Waals surface area contributed by atoms with Crippen LogP contribution < -0.4 is 5.32 Å². The monoisotopic (exact) mass is 268 g/mol. The van der Waals surface area contributed by atoms with Gasteiger partial charge in [-0.25, -0.2) is 0 Å². The van der Waals surface area contributed by atoms with E-state index in [2.05, 4.69) is 37.9 Å². The minimum absolute atomic E-state index is 0.212. The van der Waals surface area contributed by atoms with Gasteiger partial charge in [0.2, 0.25) is 0 Å².